The fourth-order valence-corrected chi connectivity index (χ4v) is 2.59. The van der Waals surface area contributed by atoms with E-state index in [-0.39, 0.29) is 17.7 Å². The molecule has 96 valence electrons. The first-order valence-corrected chi connectivity index (χ1v) is 6.82. The Morgan fingerprint density at radius 2 is 1.78 bits per heavy atom. The normalized spacial score (nSPS) is 15.4. The van der Waals surface area contributed by atoms with Crippen LogP contribution < -0.4 is 10.9 Å². The number of nitrogens with one attached hydrogen (secondary N) is 2. The van der Waals surface area contributed by atoms with Gasteiger partial charge in [0.15, 0.2) is 0 Å². The molecule has 1 aromatic rings. The summed E-state index contributed by atoms with van der Waals surface area (Å²) in [7, 11) is 0. The smallest absolute Gasteiger partial charge is 0.270 e. The van der Waals surface area contributed by atoms with Gasteiger partial charge in [-0.15, -0.1) is 0 Å². The van der Waals surface area contributed by atoms with Crippen molar-refractivity contribution in [1.82, 2.24) is 10.9 Å². The molecule has 0 bridgehead atoms. The number of hydrogen-bond donors (Lipinski definition) is 2. The average molecular weight is 311 g/mol. The second-order valence-electron chi connectivity index (χ2n) is 4.40. The number of benzene rings is 1. The Balaban J connectivity index is 1.88. The molecule has 0 saturated heterocycles. The Hall–Kier alpha value is -1.36. The first-order valence-electron chi connectivity index (χ1n) is 6.03. The van der Waals surface area contributed by atoms with Gasteiger partial charge in [-0.1, -0.05) is 25.0 Å². The minimum absolute atomic E-state index is 0.0458. The van der Waals surface area contributed by atoms with E-state index in [0.717, 1.165) is 25.7 Å². The second kappa shape index (κ2) is 6.00. The molecule has 4 nitrogen and oxygen atoms in total. The lowest BCUT2D eigenvalue weighted by molar-refractivity contribution is -0.125. The largest absolute Gasteiger partial charge is 0.273 e. The zero-order valence-electron chi connectivity index (χ0n) is 9.91. The van der Waals surface area contributed by atoms with E-state index < -0.39 is 0 Å². The molecule has 1 fully saturated rings. The Bertz CT molecular complexity index is 456. The van der Waals surface area contributed by atoms with Crippen molar-refractivity contribution in [3.05, 3.63) is 34.3 Å². The topological polar surface area (TPSA) is 58.2 Å². The van der Waals surface area contributed by atoms with E-state index in [0.29, 0.717) is 10.0 Å². The molecule has 0 aliphatic heterocycles. The lowest BCUT2D eigenvalue weighted by Gasteiger charge is -2.11. The van der Waals surface area contributed by atoms with Crippen LogP contribution in [0.4, 0.5) is 0 Å². The van der Waals surface area contributed by atoms with Gasteiger partial charge in [-0.2, -0.15) is 0 Å². The summed E-state index contributed by atoms with van der Waals surface area (Å²) in [5.74, 6) is -0.355. The van der Waals surface area contributed by atoms with Crippen LogP contribution in [0.2, 0.25) is 0 Å². The van der Waals surface area contributed by atoms with Crippen LogP contribution in [0, 0.1) is 5.92 Å². The number of hydrazine groups is 1. The molecule has 2 rings (SSSR count). The van der Waals surface area contributed by atoms with Gasteiger partial charge in [0.1, 0.15) is 0 Å². The van der Waals surface area contributed by atoms with Gasteiger partial charge in [0.05, 0.1) is 5.56 Å². The predicted molar refractivity (Wildman–Crippen MR) is 71.7 cm³/mol. The fourth-order valence-electron chi connectivity index (χ4n) is 2.12. The van der Waals surface area contributed by atoms with Gasteiger partial charge in [-0.05, 0) is 40.9 Å². The van der Waals surface area contributed by atoms with Crippen LogP contribution in [-0.2, 0) is 4.79 Å². The van der Waals surface area contributed by atoms with Crippen LogP contribution in [0.3, 0.4) is 0 Å². The number of carbonyl (C=O) groups is 2. The minimum Gasteiger partial charge on any atom is -0.273 e. The third kappa shape index (κ3) is 3.10. The molecule has 0 radical (unpaired) electrons. The third-order valence-electron chi connectivity index (χ3n) is 3.14. The highest BCUT2D eigenvalue weighted by Gasteiger charge is 2.23. The molecular formula is C13H15BrN2O2. The zero-order valence-corrected chi connectivity index (χ0v) is 11.5. The summed E-state index contributed by atoms with van der Waals surface area (Å²) < 4.78 is 0.706. The maximum Gasteiger partial charge on any atom is 0.270 e. The van der Waals surface area contributed by atoms with E-state index in [1.54, 1.807) is 18.2 Å². The predicted octanol–water partition coefficient (Wildman–Crippen LogP) is 2.40. The van der Waals surface area contributed by atoms with Crippen LogP contribution in [0.25, 0.3) is 0 Å². The molecule has 0 unspecified atom stereocenters. The monoisotopic (exact) mass is 310 g/mol. The summed E-state index contributed by atoms with van der Waals surface area (Å²) in [4.78, 5) is 23.6. The molecular weight excluding hydrogens is 296 g/mol. The Kier molecular flexibility index (Phi) is 4.36. The highest BCUT2D eigenvalue weighted by Crippen LogP contribution is 2.24. The first kappa shape index (κ1) is 13.1. The maximum atomic E-state index is 11.8. The summed E-state index contributed by atoms with van der Waals surface area (Å²) in [5.41, 5.74) is 5.44. The van der Waals surface area contributed by atoms with Crippen molar-refractivity contribution in [1.29, 1.82) is 0 Å². The molecule has 1 aromatic carbocycles. The van der Waals surface area contributed by atoms with Gasteiger partial charge in [-0.3, -0.25) is 20.4 Å². The highest BCUT2D eigenvalue weighted by molar-refractivity contribution is 9.10. The molecule has 0 aromatic heterocycles. The van der Waals surface area contributed by atoms with Crippen molar-refractivity contribution >= 4 is 27.7 Å². The highest BCUT2D eigenvalue weighted by atomic mass is 79.9. The number of amides is 2. The van der Waals surface area contributed by atoms with Crippen LogP contribution >= 0.6 is 15.9 Å². The van der Waals surface area contributed by atoms with E-state index in [9.17, 15) is 9.59 Å². The van der Waals surface area contributed by atoms with Gasteiger partial charge in [0, 0.05) is 10.4 Å². The van der Waals surface area contributed by atoms with Gasteiger partial charge in [0.25, 0.3) is 5.91 Å². The van der Waals surface area contributed by atoms with Crippen molar-refractivity contribution in [2.45, 2.75) is 25.7 Å². The Morgan fingerprint density at radius 3 is 2.44 bits per heavy atom. The summed E-state index contributed by atoms with van der Waals surface area (Å²) in [6.07, 6.45) is 4.01. The molecule has 2 N–H and O–H groups in total. The van der Waals surface area contributed by atoms with Gasteiger partial charge in [0.2, 0.25) is 5.91 Å². The van der Waals surface area contributed by atoms with Gasteiger partial charge in [-0.25, -0.2) is 0 Å². The third-order valence-corrected chi connectivity index (χ3v) is 3.84. The van der Waals surface area contributed by atoms with Gasteiger partial charge < -0.3 is 0 Å². The molecule has 1 aliphatic rings. The minimum atomic E-state index is -0.311. The Labute approximate surface area is 114 Å². The quantitative estimate of drug-likeness (QED) is 0.824. The number of halogens is 1. The number of carbonyl (C=O) groups excluding carboxylic acids is 2. The molecule has 5 heteroatoms. The summed E-state index contributed by atoms with van der Waals surface area (Å²) in [6.45, 7) is 0. The zero-order chi connectivity index (χ0) is 13.0. The van der Waals surface area contributed by atoms with Crippen molar-refractivity contribution in [3.63, 3.8) is 0 Å². The van der Waals surface area contributed by atoms with Crippen LogP contribution in [0.15, 0.2) is 28.7 Å². The summed E-state index contributed by atoms with van der Waals surface area (Å²) in [6, 6.07) is 7.09. The molecule has 2 amide bonds. The molecule has 1 saturated carbocycles. The van der Waals surface area contributed by atoms with E-state index in [1.165, 1.54) is 0 Å². The summed E-state index contributed by atoms with van der Waals surface area (Å²) >= 11 is 3.30. The SMILES string of the molecule is O=C(NNC(=O)C1CCCC1)c1ccccc1Br. The average Bonchev–Trinajstić information content (AvgIpc) is 2.90. The second-order valence-corrected chi connectivity index (χ2v) is 5.26. The Morgan fingerprint density at radius 1 is 1.11 bits per heavy atom. The van der Waals surface area contributed by atoms with Gasteiger partial charge >= 0.3 is 0 Å². The van der Waals surface area contributed by atoms with E-state index in [2.05, 4.69) is 26.8 Å². The molecule has 0 heterocycles. The van der Waals surface area contributed by atoms with Crippen LogP contribution in [0.5, 0.6) is 0 Å². The van der Waals surface area contributed by atoms with Crippen molar-refractivity contribution < 1.29 is 9.59 Å². The standard InChI is InChI=1S/C13H15BrN2O2/c14-11-8-4-3-7-10(11)13(18)16-15-12(17)9-5-1-2-6-9/h3-4,7-9H,1-2,5-6H2,(H,15,17)(H,16,18). The van der Waals surface area contributed by atoms with E-state index in [4.69, 9.17) is 0 Å². The lowest BCUT2D eigenvalue weighted by Crippen LogP contribution is -2.44. The molecule has 1 aliphatic carbocycles. The van der Waals surface area contributed by atoms with Crippen LogP contribution in [0.1, 0.15) is 36.0 Å². The lowest BCUT2D eigenvalue weighted by atomic mass is 10.1. The number of rotatable bonds is 2. The van der Waals surface area contributed by atoms with Crippen molar-refractivity contribution in [3.8, 4) is 0 Å². The first-order chi connectivity index (χ1) is 8.68. The van der Waals surface area contributed by atoms with E-state index >= 15 is 0 Å². The van der Waals surface area contributed by atoms with E-state index in [1.807, 2.05) is 6.07 Å². The summed E-state index contributed by atoms with van der Waals surface area (Å²) in [5, 5.41) is 0. The molecule has 0 spiro atoms. The molecule has 0 atom stereocenters. The maximum absolute atomic E-state index is 11.8. The van der Waals surface area contributed by atoms with Crippen molar-refractivity contribution in [2.24, 2.45) is 5.92 Å². The fraction of sp³-hybridized carbons (Fsp3) is 0.385. The molecule has 18 heavy (non-hydrogen) atoms. The van der Waals surface area contributed by atoms with Crippen molar-refractivity contribution in [2.75, 3.05) is 0 Å². The van der Waals surface area contributed by atoms with Crippen LogP contribution in [-0.4, -0.2) is 11.8 Å². The number of hydrogen-bond acceptors (Lipinski definition) is 2.